The van der Waals surface area contributed by atoms with Gasteiger partial charge < -0.3 is 10.6 Å². The Morgan fingerprint density at radius 3 is 2.85 bits per heavy atom. The Balaban J connectivity index is 1.75. The zero-order chi connectivity index (χ0) is 19.2. The van der Waals surface area contributed by atoms with E-state index >= 15 is 0 Å². The first-order valence-corrected chi connectivity index (χ1v) is 10.6. The van der Waals surface area contributed by atoms with Crippen LogP contribution in [0, 0.1) is 6.92 Å². The van der Waals surface area contributed by atoms with Crippen molar-refractivity contribution in [2.45, 2.75) is 38.9 Å². The zero-order valence-electron chi connectivity index (χ0n) is 15.5. The van der Waals surface area contributed by atoms with E-state index in [2.05, 4.69) is 49.1 Å². The molecular weight excluding hydrogens is 384 g/mol. The Morgan fingerprint density at radius 1 is 1.30 bits per heavy atom. The van der Waals surface area contributed by atoms with Gasteiger partial charge in [-0.1, -0.05) is 30.1 Å². The Kier molecular flexibility index (Phi) is 6.56. The molecule has 3 aromatic heterocycles. The zero-order valence-corrected chi connectivity index (χ0v) is 17.2. The molecule has 27 heavy (non-hydrogen) atoms. The van der Waals surface area contributed by atoms with E-state index in [-0.39, 0.29) is 5.91 Å². The van der Waals surface area contributed by atoms with Crippen molar-refractivity contribution in [2.75, 3.05) is 24.2 Å². The van der Waals surface area contributed by atoms with Crippen LogP contribution in [0.4, 0.5) is 5.82 Å². The van der Waals surface area contributed by atoms with Crippen molar-refractivity contribution in [2.24, 2.45) is 0 Å². The van der Waals surface area contributed by atoms with Gasteiger partial charge in [0.15, 0.2) is 10.8 Å². The van der Waals surface area contributed by atoms with E-state index in [1.807, 2.05) is 0 Å². The maximum Gasteiger partial charge on any atom is 0.265 e. The van der Waals surface area contributed by atoms with Crippen LogP contribution in [-0.2, 0) is 6.54 Å². The molecule has 0 bridgehead atoms. The highest BCUT2D eigenvalue weighted by molar-refractivity contribution is 7.99. The summed E-state index contributed by atoms with van der Waals surface area (Å²) < 4.78 is 5.59. The summed E-state index contributed by atoms with van der Waals surface area (Å²) in [5, 5.41) is 16.1. The van der Waals surface area contributed by atoms with Crippen molar-refractivity contribution in [1.29, 1.82) is 0 Å². The number of hydrogen-bond donors (Lipinski definition) is 2. The third kappa shape index (κ3) is 4.53. The van der Waals surface area contributed by atoms with Crippen LogP contribution in [0.3, 0.4) is 0 Å². The minimum atomic E-state index is -0.166. The minimum Gasteiger partial charge on any atom is -0.369 e. The Bertz CT molecular complexity index is 922. The molecule has 0 spiro atoms. The lowest BCUT2D eigenvalue weighted by Crippen LogP contribution is -2.27. The number of carbonyl (C=O) groups excluding carboxylic acids is 1. The van der Waals surface area contributed by atoms with Crippen LogP contribution < -0.4 is 10.6 Å². The summed E-state index contributed by atoms with van der Waals surface area (Å²) in [6.07, 6.45) is 2.78. The smallest absolute Gasteiger partial charge is 0.265 e. The molecule has 9 nitrogen and oxygen atoms in total. The third-order valence-corrected chi connectivity index (χ3v) is 5.31. The van der Waals surface area contributed by atoms with Crippen LogP contribution in [-0.4, -0.2) is 54.1 Å². The Morgan fingerprint density at radius 2 is 2.15 bits per heavy atom. The van der Waals surface area contributed by atoms with Gasteiger partial charge in [0, 0.05) is 13.1 Å². The normalized spacial score (nSPS) is 11.1. The number of nitrogens with one attached hydrogen (secondary N) is 2. The Labute approximate surface area is 165 Å². The van der Waals surface area contributed by atoms with E-state index in [1.54, 1.807) is 29.6 Å². The molecule has 0 aliphatic rings. The summed E-state index contributed by atoms with van der Waals surface area (Å²) in [7, 11) is 0. The Hall–Kier alpha value is -2.27. The molecule has 11 heteroatoms. The fourth-order valence-electron chi connectivity index (χ4n) is 2.47. The standard InChI is InChI=1S/C16H22N8OS2/c1-4-6-17-13-11-9-19-24(14(11)21-16(20-13)26-5-2)8-7-18-15(25)12-10(3)22-23-27-12/h9H,4-8H2,1-3H3,(H,18,25)(H,17,20,21). The van der Waals surface area contributed by atoms with Crippen LogP contribution in [0.1, 0.15) is 35.6 Å². The van der Waals surface area contributed by atoms with Crippen molar-refractivity contribution in [3.05, 3.63) is 16.8 Å². The van der Waals surface area contributed by atoms with E-state index < -0.39 is 0 Å². The topological polar surface area (TPSA) is 111 Å². The first-order valence-electron chi connectivity index (χ1n) is 8.81. The molecule has 3 aromatic rings. The molecule has 0 unspecified atom stereocenters. The summed E-state index contributed by atoms with van der Waals surface area (Å²) in [6, 6.07) is 0. The lowest BCUT2D eigenvalue weighted by molar-refractivity contribution is 0.0955. The molecule has 144 valence electrons. The second-order valence-corrected chi connectivity index (χ2v) is 7.75. The highest BCUT2D eigenvalue weighted by Crippen LogP contribution is 2.24. The molecule has 0 aliphatic carbocycles. The van der Waals surface area contributed by atoms with Gasteiger partial charge in [-0.15, -0.1) is 5.10 Å². The SMILES string of the molecule is CCCNc1nc(SCC)nc2c1cnn2CCNC(=O)c1snnc1C. The van der Waals surface area contributed by atoms with Gasteiger partial charge in [0.25, 0.3) is 5.91 Å². The van der Waals surface area contributed by atoms with Crippen LogP contribution >= 0.6 is 23.3 Å². The van der Waals surface area contributed by atoms with Crippen LogP contribution in [0.25, 0.3) is 11.0 Å². The van der Waals surface area contributed by atoms with E-state index in [4.69, 9.17) is 0 Å². The minimum absolute atomic E-state index is 0.166. The molecule has 0 saturated heterocycles. The van der Waals surface area contributed by atoms with Gasteiger partial charge in [0.2, 0.25) is 0 Å². The summed E-state index contributed by atoms with van der Waals surface area (Å²) in [4.78, 5) is 22.0. The number of aryl methyl sites for hydroxylation is 1. The third-order valence-electron chi connectivity index (χ3n) is 3.76. The van der Waals surface area contributed by atoms with Gasteiger partial charge in [-0.25, -0.2) is 14.6 Å². The van der Waals surface area contributed by atoms with Crippen molar-refractivity contribution in [1.82, 2.24) is 34.7 Å². The van der Waals surface area contributed by atoms with E-state index in [1.165, 1.54) is 0 Å². The second-order valence-electron chi connectivity index (χ2n) is 5.76. The predicted molar refractivity (Wildman–Crippen MR) is 107 cm³/mol. The number of anilines is 1. The molecule has 0 atom stereocenters. The molecule has 0 fully saturated rings. The average Bonchev–Trinajstić information content (AvgIpc) is 3.26. The quantitative estimate of drug-likeness (QED) is 0.411. The second kappa shape index (κ2) is 9.09. The largest absolute Gasteiger partial charge is 0.369 e. The maximum atomic E-state index is 12.2. The summed E-state index contributed by atoms with van der Waals surface area (Å²) >= 11 is 2.69. The number of rotatable bonds is 9. The molecular formula is C16H22N8OS2. The summed E-state index contributed by atoms with van der Waals surface area (Å²) in [5.74, 6) is 1.53. The van der Waals surface area contributed by atoms with Gasteiger partial charge in [-0.2, -0.15) is 5.10 Å². The van der Waals surface area contributed by atoms with Crippen molar-refractivity contribution in [3.63, 3.8) is 0 Å². The number of nitrogens with zero attached hydrogens (tertiary/aromatic N) is 6. The number of carbonyl (C=O) groups is 1. The molecule has 1 amide bonds. The van der Waals surface area contributed by atoms with Crippen molar-refractivity contribution < 1.29 is 4.79 Å². The molecule has 2 N–H and O–H groups in total. The highest BCUT2D eigenvalue weighted by atomic mass is 32.2. The van der Waals surface area contributed by atoms with Gasteiger partial charge in [-0.3, -0.25) is 4.79 Å². The highest BCUT2D eigenvalue weighted by Gasteiger charge is 2.15. The number of aromatic nitrogens is 6. The monoisotopic (exact) mass is 406 g/mol. The first kappa shape index (κ1) is 19.5. The fourth-order valence-corrected chi connectivity index (χ4v) is 3.60. The lowest BCUT2D eigenvalue weighted by atomic mass is 10.3. The molecule has 3 heterocycles. The van der Waals surface area contributed by atoms with Gasteiger partial charge in [0.05, 0.1) is 23.8 Å². The van der Waals surface area contributed by atoms with Crippen molar-refractivity contribution in [3.8, 4) is 0 Å². The molecule has 0 saturated carbocycles. The lowest BCUT2D eigenvalue weighted by Gasteiger charge is -2.09. The van der Waals surface area contributed by atoms with Gasteiger partial charge >= 0.3 is 0 Å². The van der Waals surface area contributed by atoms with E-state index in [9.17, 15) is 4.79 Å². The number of hydrogen-bond acceptors (Lipinski definition) is 9. The number of amides is 1. The van der Waals surface area contributed by atoms with Crippen LogP contribution in [0.5, 0.6) is 0 Å². The van der Waals surface area contributed by atoms with Crippen LogP contribution in [0.2, 0.25) is 0 Å². The fraction of sp³-hybridized carbons (Fsp3) is 0.500. The molecule has 0 aliphatic heterocycles. The first-order chi connectivity index (χ1) is 13.1. The van der Waals surface area contributed by atoms with Crippen molar-refractivity contribution >= 4 is 46.1 Å². The van der Waals surface area contributed by atoms with Crippen LogP contribution in [0.15, 0.2) is 11.4 Å². The van der Waals surface area contributed by atoms with E-state index in [0.717, 1.165) is 52.3 Å². The number of fused-ring (bicyclic) bond motifs is 1. The summed E-state index contributed by atoms with van der Waals surface area (Å²) in [6.45, 7) is 7.74. The predicted octanol–water partition coefficient (Wildman–Crippen LogP) is 2.35. The van der Waals surface area contributed by atoms with Gasteiger partial charge in [0.1, 0.15) is 10.7 Å². The van der Waals surface area contributed by atoms with E-state index in [0.29, 0.717) is 23.7 Å². The maximum absolute atomic E-state index is 12.2. The molecule has 0 radical (unpaired) electrons. The molecule has 3 rings (SSSR count). The van der Waals surface area contributed by atoms with Gasteiger partial charge in [-0.05, 0) is 30.6 Å². The molecule has 0 aromatic carbocycles. The average molecular weight is 407 g/mol. The summed E-state index contributed by atoms with van der Waals surface area (Å²) in [5.41, 5.74) is 1.41. The number of thioether (sulfide) groups is 1.